The van der Waals surface area contributed by atoms with E-state index < -0.39 is 6.10 Å². The average Bonchev–Trinajstić information content (AvgIpc) is 2.47. The van der Waals surface area contributed by atoms with Crippen LogP contribution in [0.3, 0.4) is 0 Å². The number of benzene rings is 2. The van der Waals surface area contributed by atoms with Crippen molar-refractivity contribution in [2.24, 2.45) is 0 Å². The second-order valence-corrected chi connectivity index (χ2v) is 5.24. The number of carbonyl (C=O) groups is 2. The molecule has 1 atom stereocenters. The van der Waals surface area contributed by atoms with Crippen LogP contribution < -0.4 is 10.1 Å². The molecule has 22 heavy (non-hydrogen) atoms. The molecule has 0 aliphatic rings. The minimum atomic E-state index is -0.724. The normalized spacial score (nSPS) is 11.6. The topological polar surface area (TPSA) is 55.4 Å². The molecule has 0 radical (unpaired) electrons. The van der Waals surface area contributed by atoms with E-state index in [4.69, 9.17) is 16.3 Å². The summed E-state index contributed by atoms with van der Waals surface area (Å²) in [7, 11) is 0. The maximum absolute atomic E-state index is 12.2. The zero-order valence-corrected chi connectivity index (χ0v) is 13.1. The first-order valence-corrected chi connectivity index (χ1v) is 7.18. The Bertz CT molecular complexity index is 700. The minimum absolute atomic E-state index is 0.112. The smallest absolute Gasteiger partial charge is 0.265 e. The van der Waals surface area contributed by atoms with Crippen LogP contribution in [0, 0.1) is 0 Å². The third kappa shape index (κ3) is 4.09. The van der Waals surface area contributed by atoms with E-state index in [1.807, 2.05) is 0 Å². The molecule has 0 aromatic heterocycles. The van der Waals surface area contributed by atoms with E-state index in [0.29, 0.717) is 22.0 Å². The summed E-state index contributed by atoms with van der Waals surface area (Å²) in [5.74, 6) is 0.0583. The quantitative estimate of drug-likeness (QED) is 0.850. The molecule has 0 bridgehead atoms. The van der Waals surface area contributed by atoms with Crippen LogP contribution >= 0.6 is 11.6 Å². The van der Waals surface area contributed by atoms with Gasteiger partial charge >= 0.3 is 0 Å². The Kier molecular flexibility index (Phi) is 5.17. The highest BCUT2D eigenvalue weighted by Crippen LogP contribution is 2.20. The van der Waals surface area contributed by atoms with E-state index in [1.165, 1.54) is 6.92 Å². The Balaban J connectivity index is 2.07. The number of anilines is 1. The van der Waals surface area contributed by atoms with E-state index in [9.17, 15) is 9.59 Å². The summed E-state index contributed by atoms with van der Waals surface area (Å²) >= 11 is 5.88. The van der Waals surface area contributed by atoms with Crippen molar-refractivity contribution >= 4 is 29.0 Å². The summed E-state index contributed by atoms with van der Waals surface area (Å²) in [6.07, 6.45) is -0.724. The predicted octanol–water partition coefficient (Wildman–Crippen LogP) is 3.95. The summed E-state index contributed by atoms with van der Waals surface area (Å²) in [6.45, 7) is 3.09. The van der Waals surface area contributed by atoms with E-state index in [2.05, 4.69) is 5.32 Å². The molecule has 0 aliphatic heterocycles. The number of hydrogen-bond donors (Lipinski definition) is 1. The zero-order valence-electron chi connectivity index (χ0n) is 12.3. The molecule has 0 heterocycles. The van der Waals surface area contributed by atoms with Crippen molar-refractivity contribution in [3.05, 3.63) is 59.1 Å². The monoisotopic (exact) mass is 317 g/mol. The first-order valence-electron chi connectivity index (χ1n) is 6.80. The first kappa shape index (κ1) is 16.0. The number of rotatable bonds is 5. The van der Waals surface area contributed by atoms with Gasteiger partial charge in [0.2, 0.25) is 0 Å². The second-order valence-electron chi connectivity index (χ2n) is 4.81. The Morgan fingerprint density at radius 2 is 1.86 bits per heavy atom. The molecule has 4 nitrogen and oxygen atoms in total. The number of ketones is 1. The molecule has 0 unspecified atom stereocenters. The fourth-order valence-corrected chi connectivity index (χ4v) is 2.11. The van der Waals surface area contributed by atoms with Gasteiger partial charge < -0.3 is 10.1 Å². The molecule has 1 N–H and O–H groups in total. The molecule has 0 saturated heterocycles. The van der Waals surface area contributed by atoms with Crippen molar-refractivity contribution in [1.82, 2.24) is 0 Å². The van der Waals surface area contributed by atoms with Gasteiger partial charge in [0, 0.05) is 10.6 Å². The molecule has 0 saturated carbocycles. The molecule has 5 heteroatoms. The van der Waals surface area contributed by atoms with Crippen LogP contribution in [0.5, 0.6) is 5.75 Å². The maximum Gasteiger partial charge on any atom is 0.265 e. The van der Waals surface area contributed by atoms with Crippen molar-refractivity contribution in [2.45, 2.75) is 20.0 Å². The van der Waals surface area contributed by atoms with Crippen LogP contribution in [0.4, 0.5) is 5.69 Å². The van der Waals surface area contributed by atoms with Gasteiger partial charge in [0.15, 0.2) is 11.9 Å². The molecular weight excluding hydrogens is 302 g/mol. The molecule has 2 rings (SSSR count). The zero-order chi connectivity index (χ0) is 16.1. The lowest BCUT2D eigenvalue weighted by Crippen LogP contribution is -2.30. The number of carbonyl (C=O) groups excluding carboxylic acids is 2. The van der Waals surface area contributed by atoms with Gasteiger partial charge in [-0.2, -0.15) is 0 Å². The molecule has 2 aromatic rings. The second kappa shape index (κ2) is 7.09. The number of halogens is 1. The fourth-order valence-electron chi connectivity index (χ4n) is 1.93. The van der Waals surface area contributed by atoms with Crippen LogP contribution in [0.1, 0.15) is 24.2 Å². The summed E-state index contributed by atoms with van der Waals surface area (Å²) in [4.78, 5) is 23.7. The molecule has 0 spiro atoms. The van der Waals surface area contributed by atoms with E-state index in [-0.39, 0.29) is 11.7 Å². The SMILES string of the molecule is CC(=O)c1ccccc1NC(=O)[C@H](C)Oc1cccc(Cl)c1. The Morgan fingerprint density at radius 3 is 2.55 bits per heavy atom. The van der Waals surface area contributed by atoms with Gasteiger partial charge in [0.05, 0.1) is 5.69 Å². The standard InChI is InChI=1S/C17H16ClNO3/c1-11(20)15-8-3-4-9-16(15)19-17(21)12(2)22-14-7-5-6-13(18)10-14/h3-10,12H,1-2H3,(H,19,21)/t12-/m0/s1. The molecule has 1 amide bonds. The molecular formula is C17H16ClNO3. The number of Topliss-reactive ketones (excluding diaryl/α,β-unsaturated/α-hetero) is 1. The van der Waals surface area contributed by atoms with E-state index in [0.717, 1.165) is 0 Å². The van der Waals surface area contributed by atoms with Crippen molar-refractivity contribution in [2.75, 3.05) is 5.32 Å². The van der Waals surface area contributed by atoms with Gasteiger partial charge in [-0.1, -0.05) is 29.8 Å². The third-order valence-electron chi connectivity index (χ3n) is 3.04. The van der Waals surface area contributed by atoms with Crippen LogP contribution in [0.25, 0.3) is 0 Å². The van der Waals surface area contributed by atoms with Crippen LogP contribution in [-0.2, 0) is 4.79 Å². The summed E-state index contributed by atoms with van der Waals surface area (Å²) in [5, 5.41) is 3.24. The predicted molar refractivity (Wildman–Crippen MR) is 86.6 cm³/mol. The van der Waals surface area contributed by atoms with Crippen molar-refractivity contribution in [1.29, 1.82) is 0 Å². The van der Waals surface area contributed by atoms with Gasteiger partial charge in [-0.3, -0.25) is 9.59 Å². The van der Waals surface area contributed by atoms with E-state index >= 15 is 0 Å². The van der Waals surface area contributed by atoms with Gasteiger partial charge in [0.1, 0.15) is 5.75 Å². The lowest BCUT2D eigenvalue weighted by atomic mass is 10.1. The van der Waals surface area contributed by atoms with Gasteiger partial charge in [-0.05, 0) is 44.2 Å². The van der Waals surface area contributed by atoms with Crippen LogP contribution in [0.15, 0.2) is 48.5 Å². The van der Waals surface area contributed by atoms with Crippen molar-refractivity contribution in [3.8, 4) is 5.75 Å². The molecule has 114 valence electrons. The number of ether oxygens (including phenoxy) is 1. The molecule has 0 aliphatic carbocycles. The minimum Gasteiger partial charge on any atom is -0.481 e. The first-order chi connectivity index (χ1) is 10.5. The van der Waals surface area contributed by atoms with Crippen LogP contribution in [0.2, 0.25) is 5.02 Å². The highest BCUT2D eigenvalue weighted by molar-refractivity contribution is 6.30. The lowest BCUT2D eigenvalue weighted by Gasteiger charge is -2.16. The Morgan fingerprint density at radius 1 is 1.14 bits per heavy atom. The highest BCUT2D eigenvalue weighted by Gasteiger charge is 2.17. The number of amides is 1. The largest absolute Gasteiger partial charge is 0.481 e. The molecule has 0 fully saturated rings. The summed E-state index contributed by atoms with van der Waals surface area (Å²) < 4.78 is 5.55. The van der Waals surface area contributed by atoms with Crippen molar-refractivity contribution < 1.29 is 14.3 Å². The van der Waals surface area contributed by atoms with Gasteiger partial charge in [0.25, 0.3) is 5.91 Å². The van der Waals surface area contributed by atoms with Gasteiger partial charge in [-0.25, -0.2) is 0 Å². The summed E-state index contributed by atoms with van der Waals surface area (Å²) in [6, 6.07) is 13.7. The Labute approximate surface area is 134 Å². The lowest BCUT2D eigenvalue weighted by molar-refractivity contribution is -0.122. The van der Waals surface area contributed by atoms with E-state index in [1.54, 1.807) is 55.5 Å². The van der Waals surface area contributed by atoms with Gasteiger partial charge in [-0.15, -0.1) is 0 Å². The van der Waals surface area contributed by atoms with Crippen LogP contribution in [-0.4, -0.2) is 17.8 Å². The number of nitrogens with one attached hydrogen (secondary N) is 1. The maximum atomic E-state index is 12.2. The number of para-hydroxylation sites is 1. The fraction of sp³-hybridized carbons (Fsp3) is 0.176. The van der Waals surface area contributed by atoms with Crippen molar-refractivity contribution in [3.63, 3.8) is 0 Å². The average molecular weight is 318 g/mol. The molecule has 2 aromatic carbocycles. The Hall–Kier alpha value is -2.33. The number of hydrogen-bond acceptors (Lipinski definition) is 3. The third-order valence-corrected chi connectivity index (χ3v) is 3.28. The highest BCUT2D eigenvalue weighted by atomic mass is 35.5. The summed E-state index contributed by atoms with van der Waals surface area (Å²) in [5.41, 5.74) is 0.937.